The highest BCUT2D eigenvalue weighted by molar-refractivity contribution is 5.96. The van der Waals surface area contributed by atoms with Crippen molar-refractivity contribution >= 4 is 11.8 Å². The molecule has 1 aliphatic rings. The summed E-state index contributed by atoms with van der Waals surface area (Å²) in [6, 6.07) is 7.16. The van der Waals surface area contributed by atoms with Gasteiger partial charge < -0.3 is 24.8 Å². The Labute approximate surface area is 189 Å². The first-order valence-corrected chi connectivity index (χ1v) is 10.2. The summed E-state index contributed by atoms with van der Waals surface area (Å²) in [5, 5.41) is 0. The third-order valence-corrected chi connectivity index (χ3v) is 5.35. The molecule has 1 fully saturated rings. The number of hydrogen-bond acceptors (Lipinski definition) is 5. The van der Waals surface area contributed by atoms with Crippen LogP contribution in [0.1, 0.15) is 47.3 Å². The van der Waals surface area contributed by atoms with E-state index in [-0.39, 0.29) is 34.8 Å². The molecule has 0 heterocycles. The predicted octanol–water partition coefficient (Wildman–Crippen LogP) is 3.95. The van der Waals surface area contributed by atoms with Crippen LogP contribution in [0.4, 0.5) is 13.2 Å². The lowest BCUT2D eigenvalue weighted by Gasteiger charge is -2.30. The molecule has 0 spiro atoms. The highest BCUT2D eigenvalue weighted by atomic mass is 19.4. The molecule has 1 atom stereocenters. The van der Waals surface area contributed by atoms with Gasteiger partial charge in [-0.15, -0.1) is 0 Å². The molecular formula is C23H25F3N2O5. The van der Waals surface area contributed by atoms with Crippen molar-refractivity contribution in [3.63, 3.8) is 0 Å². The lowest BCUT2D eigenvalue weighted by Crippen LogP contribution is -2.35. The van der Waals surface area contributed by atoms with Gasteiger partial charge in [0, 0.05) is 11.6 Å². The highest BCUT2D eigenvalue weighted by Gasteiger charge is 2.38. The molecule has 2 amide bonds. The van der Waals surface area contributed by atoms with E-state index in [0.29, 0.717) is 5.56 Å². The number of carbonyl (C=O) groups excluding carboxylic acids is 2. The molecule has 2 N–H and O–H groups in total. The van der Waals surface area contributed by atoms with Crippen LogP contribution in [0.2, 0.25) is 0 Å². The van der Waals surface area contributed by atoms with E-state index >= 15 is 0 Å². The number of nitrogens with two attached hydrogens (primary N) is 1. The summed E-state index contributed by atoms with van der Waals surface area (Å²) >= 11 is 0. The van der Waals surface area contributed by atoms with E-state index in [9.17, 15) is 22.8 Å². The van der Waals surface area contributed by atoms with Gasteiger partial charge in [0.1, 0.15) is 0 Å². The molecule has 33 heavy (non-hydrogen) atoms. The number of methoxy groups -OCH3 is 2. The molecule has 178 valence electrons. The van der Waals surface area contributed by atoms with E-state index in [0.717, 1.165) is 25.0 Å². The second-order valence-electron chi connectivity index (χ2n) is 7.71. The first kappa shape index (κ1) is 24.2. The quantitative estimate of drug-likeness (QED) is 0.604. The third kappa shape index (κ3) is 5.50. The smallest absolute Gasteiger partial charge is 0.416 e. The fourth-order valence-electron chi connectivity index (χ4n) is 3.58. The van der Waals surface area contributed by atoms with Gasteiger partial charge in [0.2, 0.25) is 5.75 Å². The number of hydrogen-bond donors (Lipinski definition) is 1. The Morgan fingerprint density at radius 2 is 1.73 bits per heavy atom. The average Bonchev–Trinajstić information content (AvgIpc) is 3.61. The predicted molar refractivity (Wildman–Crippen MR) is 113 cm³/mol. The first-order valence-electron chi connectivity index (χ1n) is 10.2. The molecule has 0 aromatic heterocycles. The molecule has 1 unspecified atom stereocenters. The third-order valence-electron chi connectivity index (χ3n) is 5.35. The SMILES string of the molecule is COc1cc(C(=O)N(C2CC2)C(C)c2cccc(C(F)(F)F)c2)cc(OC)c1OCC(N)=O. The molecular weight excluding hydrogens is 441 g/mol. The summed E-state index contributed by atoms with van der Waals surface area (Å²) in [5.74, 6) is -0.670. The number of carbonyl (C=O) groups is 2. The van der Waals surface area contributed by atoms with Crippen molar-refractivity contribution in [1.29, 1.82) is 0 Å². The molecule has 7 nitrogen and oxygen atoms in total. The number of amides is 2. The Kier molecular flexibility index (Phi) is 7.04. The van der Waals surface area contributed by atoms with E-state index in [4.69, 9.17) is 19.9 Å². The van der Waals surface area contributed by atoms with Crippen LogP contribution >= 0.6 is 0 Å². The molecule has 2 aromatic rings. The van der Waals surface area contributed by atoms with Crippen molar-refractivity contribution in [2.45, 2.75) is 38.0 Å². The maximum absolute atomic E-state index is 13.5. The van der Waals surface area contributed by atoms with Crippen LogP contribution < -0.4 is 19.9 Å². The van der Waals surface area contributed by atoms with Gasteiger partial charge in [0.05, 0.1) is 25.8 Å². The number of rotatable bonds is 9. The van der Waals surface area contributed by atoms with Gasteiger partial charge in [0.15, 0.2) is 18.1 Å². The topological polar surface area (TPSA) is 91.1 Å². The number of benzene rings is 2. The molecule has 0 bridgehead atoms. The maximum atomic E-state index is 13.5. The Balaban J connectivity index is 1.97. The molecule has 0 saturated heterocycles. The summed E-state index contributed by atoms with van der Waals surface area (Å²) in [5.41, 5.74) is 4.95. The minimum absolute atomic E-state index is 0.0928. The van der Waals surface area contributed by atoms with E-state index in [2.05, 4.69) is 0 Å². The van der Waals surface area contributed by atoms with Gasteiger partial charge >= 0.3 is 6.18 Å². The van der Waals surface area contributed by atoms with Crippen molar-refractivity contribution < 1.29 is 37.0 Å². The van der Waals surface area contributed by atoms with Crippen LogP contribution in [0, 0.1) is 0 Å². The van der Waals surface area contributed by atoms with Gasteiger partial charge in [-0.05, 0) is 49.6 Å². The lowest BCUT2D eigenvalue weighted by atomic mass is 10.0. The largest absolute Gasteiger partial charge is 0.493 e. The van der Waals surface area contributed by atoms with Crippen LogP contribution in [-0.2, 0) is 11.0 Å². The molecule has 1 saturated carbocycles. The van der Waals surface area contributed by atoms with Crippen molar-refractivity contribution in [3.8, 4) is 17.2 Å². The van der Waals surface area contributed by atoms with E-state index in [1.807, 2.05) is 0 Å². The van der Waals surface area contributed by atoms with Gasteiger partial charge in [0.25, 0.3) is 11.8 Å². The maximum Gasteiger partial charge on any atom is 0.416 e. The van der Waals surface area contributed by atoms with Crippen LogP contribution in [-0.4, -0.2) is 43.6 Å². The number of halogens is 3. The lowest BCUT2D eigenvalue weighted by molar-refractivity contribution is -0.137. The second-order valence-corrected chi connectivity index (χ2v) is 7.71. The second kappa shape index (κ2) is 9.60. The first-order chi connectivity index (χ1) is 15.6. The molecule has 0 aliphatic heterocycles. The standard InChI is InChI=1S/C23H25F3N2O5/c1-13(14-5-4-6-16(9-14)23(24,25)26)28(17-7-8-17)22(30)15-10-18(31-2)21(19(11-15)32-3)33-12-20(27)29/h4-6,9-11,13,17H,7-8,12H2,1-3H3,(H2,27,29). The number of ether oxygens (including phenoxy) is 3. The fraction of sp³-hybridized carbons (Fsp3) is 0.391. The Morgan fingerprint density at radius 3 is 2.21 bits per heavy atom. The number of nitrogens with zero attached hydrogens (tertiary/aromatic N) is 1. The van der Waals surface area contributed by atoms with Gasteiger partial charge in [-0.1, -0.05) is 12.1 Å². The summed E-state index contributed by atoms with van der Waals surface area (Å²) in [7, 11) is 2.73. The van der Waals surface area contributed by atoms with Crippen molar-refractivity contribution in [1.82, 2.24) is 4.90 Å². The fourth-order valence-corrected chi connectivity index (χ4v) is 3.58. The van der Waals surface area contributed by atoms with E-state index < -0.39 is 30.3 Å². The molecule has 10 heteroatoms. The van der Waals surface area contributed by atoms with Crippen LogP contribution in [0.25, 0.3) is 0 Å². The molecule has 2 aromatic carbocycles. The molecule has 1 aliphatic carbocycles. The van der Waals surface area contributed by atoms with Gasteiger partial charge in [-0.3, -0.25) is 9.59 Å². The zero-order valence-corrected chi connectivity index (χ0v) is 18.4. The Morgan fingerprint density at radius 1 is 1.12 bits per heavy atom. The summed E-state index contributed by atoms with van der Waals surface area (Å²) in [6.45, 7) is 1.28. The zero-order valence-electron chi connectivity index (χ0n) is 18.4. The van der Waals surface area contributed by atoms with Crippen LogP contribution in [0.5, 0.6) is 17.2 Å². The van der Waals surface area contributed by atoms with Crippen molar-refractivity contribution in [3.05, 3.63) is 53.1 Å². The normalized spacial score (nSPS) is 14.4. The Bertz CT molecular complexity index is 1010. The summed E-state index contributed by atoms with van der Waals surface area (Å²) < 4.78 is 55.6. The van der Waals surface area contributed by atoms with E-state index in [1.54, 1.807) is 17.9 Å². The van der Waals surface area contributed by atoms with E-state index in [1.165, 1.54) is 32.4 Å². The molecule has 3 rings (SSSR count). The number of alkyl halides is 3. The highest BCUT2D eigenvalue weighted by Crippen LogP contribution is 2.41. The zero-order chi connectivity index (χ0) is 24.3. The van der Waals surface area contributed by atoms with Crippen LogP contribution in [0.15, 0.2) is 36.4 Å². The average molecular weight is 466 g/mol. The Hall–Kier alpha value is -3.43. The summed E-state index contributed by atoms with van der Waals surface area (Å²) in [4.78, 5) is 26.2. The number of primary amides is 1. The van der Waals surface area contributed by atoms with Crippen molar-refractivity contribution in [2.24, 2.45) is 5.73 Å². The van der Waals surface area contributed by atoms with Crippen molar-refractivity contribution in [2.75, 3.05) is 20.8 Å². The van der Waals surface area contributed by atoms with Gasteiger partial charge in [-0.2, -0.15) is 13.2 Å². The minimum Gasteiger partial charge on any atom is -0.493 e. The van der Waals surface area contributed by atoms with Crippen LogP contribution in [0.3, 0.4) is 0 Å². The summed E-state index contributed by atoms with van der Waals surface area (Å²) in [6.07, 6.45) is -2.97. The molecule has 0 radical (unpaired) electrons. The van der Waals surface area contributed by atoms with Gasteiger partial charge in [-0.25, -0.2) is 0 Å². The monoisotopic (exact) mass is 466 g/mol. The minimum atomic E-state index is -4.48.